The van der Waals surface area contributed by atoms with Crippen LogP contribution in [0.1, 0.15) is 17.3 Å². The predicted molar refractivity (Wildman–Crippen MR) is 167 cm³/mol. The van der Waals surface area contributed by atoms with Crippen molar-refractivity contribution in [1.82, 2.24) is 14.8 Å². The number of nitrogens with zero attached hydrogens (tertiary/aromatic N) is 7. The van der Waals surface area contributed by atoms with Gasteiger partial charge in [0.25, 0.3) is 5.69 Å². The molecule has 45 heavy (non-hydrogen) atoms. The third kappa shape index (κ3) is 4.74. The Morgan fingerprint density at radius 3 is 2.29 bits per heavy atom. The first-order valence-corrected chi connectivity index (χ1v) is 14.1. The van der Waals surface area contributed by atoms with Crippen LogP contribution in [0.25, 0.3) is 28.1 Å². The maximum atomic E-state index is 14.5. The number of fused-ring (bicyclic) bond motifs is 2. The summed E-state index contributed by atoms with van der Waals surface area (Å²) < 4.78 is 6.96. The van der Waals surface area contributed by atoms with E-state index in [9.17, 15) is 19.7 Å². The molecule has 2 aliphatic heterocycles. The highest BCUT2D eigenvalue weighted by molar-refractivity contribution is 6.52. The molecule has 0 radical (unpaired) electrons. The monoisotopic (exact) mass is 597 g/mol. The molecule has 5 aromatic rings. The zero-order valence-electron chi connectivity index (χ0n) is 23.8. The van der Waals surface area contributed by atoms with Gasteiger partial charge >= 0.3 is 5.97 Å². The van der Waals surface area contributed by atoms with Crippen LogP contribution in [0, 0.1) is 16.0 Å². The van der Waals surface area contributed by atoms with E-state index >= 15 is 0 Å². The van der Waals surface area contributed by atoms with E-state index < -0.39 is 22.6 Å². The van der Waals surface area contributed by atoms with Crippen LogP contribution in [0.4, 0.5) is 17.2 Å². The van der Waals surface area contributed by atoms with Crippen molar-refractivity contribution < 1.29 is 19.2 Å². The average molecular weight is 598 g/mol. The Hall–Kier alpha value is -6.30. The summed E-state index contributed by atoms with van der Waals surface area (Å²) >= 11 is 0. The van der Waals surface area contributed by atoms with E-state index in [0.29, 0.717) is 28.1 Å². The maximum absolute atomic E-state index is 14.5. The molecule has 0 N–H and O–H groups in total. The quantitative estimate of drug-likeness (QED) is 0.130. The minimum atomic E-state index is -1.13. The zero-order chi connectivity index (χ0) is 31.1. The fourth-order valence-corrected chi connectivity index (χ4v) is 5.43. The van der Waals surface area contributed by atoms with Crippen molar-refractivity contribution in [2.75, 3.05) is 11.6 Å². The number of pyridine rings is 1. The number of hydrogen-bond acceptors (Lipinski definition) is 10. The van der Waals surface area contributed by atoms with Gasteiger partial charge in [-0.25, -0.2) is 24.5 Å². The summed E-state index contributed by atoms with van der Waals surface area (Å²) in [6.45, 7) is 1.79. The summed E-state index contributed by atoms with van der Waals surface area (Å²) in [5, 5.41) is 22.2. The third-order valence-electron chi connectivity index (χ3n) is 7.48. The van der Waals surface area contributed by atoms with Crippen LogP contribution in [0.15, 0.2) is 113 Å². The average Bonchev–Trinajstić information content (AvgIpc) is 3.69. The van der Waals surface area contributed by atoms with Crippen LogP contribution in [-0.4, -0.2) is 49.6 Å². The molecule has 7 rings (SSSR count). The number of anilines is 1. The summed E-state index contributed by atoms with van der Waals surface area (Å²) in [5.74, 6) is -1.85. The van der Waals surface area contributed by atoms with Crippen LogP contribution in [-0.2, 0) is 9.53 Å². The zero-order valence-corrected chi connectivity index (χ0v) is 23.8. The fraction of sp³-hybridized carbons (Fsp3) is 0.0909. The number of hydrogen-bond donors (Lipinski definition) is 0. The van der Waals surface area contributed by atoms with E-state index in [1.807, 2.05) is 48.5 Å². The first kappa shape index (κ1) is 27.5. The Morgan fingerprint density at radius 1 is 0.933 bits per heavy atom. The molecule has 0 spiro atoms. The van der Waals surface area contributed by atoms with Crippen molar-refractivity contribution in [3.8, 4) is 28.1 Å². The number of non-ortho nitro benzene ring substituents is 1. The lowest BCUT2D eigenvalue weighted by atomic mass is 9.86. The molecule has 3 aromatic carbocycles. The van der Waals surface area contributed by atoms with Gasteiger partial charge in [-0.3, -0.25) is 14.9 Å². The molecule has 4 heterocycles. The summed E-state index contributed by atoms with van der Waals surface area (Å²) in [7, 11) is 0. The first-order chi connectivity index (χ1) is 21.9. The molecule has 1 atom stereocenters. The lowest BCUT2D eigenvalue weighted by molar-refractivity contribution is -0.384. The second-order valence-electron chi connectivity index (χ2n) is 10.2. The molecular formula is C33H23N7O5. The van der Waals surface area contributed by atoms with Gasteiger partial charge in [0.15, 0.2) is 17.3 Å². The highest BCUT2D eigenvalue weighted by Gasteiger charge is 2.48. The lowest BCUT2D eigenvalue weighted by Crippen LogP contribution is -2.39. The van der Waals surface area contributed by atoms with Gasteiger partial charge in [-0.05, 0) is 55.0 Å². The van der Waals surface area contributed by atoms with Crippen LogP contribution >= 0.6 is 0 Å². The van der Waals surface area contributed by atoms with Crippen molar-refractivity contribution >= 4 is 40.5 Å². The van der Waals surface area contributed by atoms with Crippen LogP contribution in [0.3, 0.4) is 0 Å². The number of ether oxygens (including phenoxy) is 1. The molecule has 1 unspecified atom stereocenters. The maximum Gasteiger partial charge on any atom is 0.355 e. The number of aliphatic imine (C=N–C) groups is 1. The highest BCUT2D eigenvalue weighted by atomic mass is 16.6. The Labute approximate surface area is 256 Å². The van der Waals surface area contributed by atoms with E-state index in [-0.39, 0.29) is 35.2 Å². The van der Waals surface area contributed by atoms with Crippen LogP contribution < -0.4 is 5.01 Å². The SMILES string of the molecule is CCOC(=O)C1=NN(c2ccccc2)C2=Nc3nccc(-c4nn(-c5ccccc5)cc4-c4ccc([N+](=O)[O-])cc4)c3C(=O)C12. The van der Waals surface area contributed by atoms with Crippen molar-refractivity contribution in [3.63, 3.8) is 0 Å². The Bertz CT molecular complexity index is 2040. The summed E-state index contributed by atoms with van der Waals surface area (Å²) in [5.41, 5.74) is 3.60. The van der Waals surface area contributed by atoms with Gasteiger partial charge in [0.2, 0.25) is 0 Å². The standard InChI is InChI=1S/C33H23N7O5/c1-2-45-33(42)29-27-30(41)26-24(17-18-34-31(26)35-32(27)39(37-29)22-11-7-4-8-12-22)28-25(20-13-15-23(16-14-20)40(43)44)19-38(36-28)21-9-5-3-6-10-21/h3-19,27H,2H2,1H3. The molecule has 0 aliphatic carbocycles. The van der Waals surface area contributed by atoms with Crippen LogP contribution in [0.5, 0.6) is 0 Å². The number of carbonyl (C=O) groups is 2. The smallest absolute Gasteiger partial charge is 0.355 e. The van der Waals surface area contributed by atoms with Crippen molar-refractivity contribution in [3.05, 3.63) is 119 Å². The molecule has 0 saturated carbocycles. The summed E-state index contributed by atoms with van der Waals surface area (Å²) in [4.78, 5) is 47.7. The molecule has 0 fully saturated rings. The summed E-state index contributed by atoms with van der Waals surface area (Å²) in [6.07, 6.45) is 3.35. The Kier molecular flexibility index (Phi) is 6.78. The van der Waals surface area contributed by atoms with Gasteiger partial charge in [0.1, 0.15) is 17.4 Å². The number of aromatic nitrogens is 3. The number of benzene rings is 3. The van der Waals surface area contributed by atoms with Crippen molar-refractivity contribution in [2.24, 2.45) is 16.0 Å². The van der Waals surface area contributed by atoms with E-state index in [0.717, 1.165) is 5.69 Å². The first-order valence-electron chi connectivity index (χ1n) is 14.1. The highest BCUT2D eigenvalue weighted by Crippen LogP contribution is 2.42. The minimum Gasteiger partial charge on any atom is -0.461 e. The lowest BCUT2D eigenvalue weighted by Gasteiger charge is -2.23. The topological polar surface area (TPSA) is 145 Å². The number of Topliss-reactive ketones (excluding diaryl/α,β-unsaturated/α-hetero) is 1. The molecule has 2 aliphatic rings. The molecule has 0 bridgehead atoms. The van der Waals surface area contributed by atoms with Gasteiger partial charge in [0, 0.05) is 35.7 Å². The normalized spacial score (nSPS) is 15.2. The van der Waals surface area contributed by atoms with Crippen LogP contribution in [0.2, 0.25) is 0 Å². The number of carbonyl (C=O) groups excluding carboxylic acids is 2. The molecular weight excluding hydrogens is 574 g/mol. The largest absolute Gasteiger partial charge is 0.461 e. The molecule has 0 amide bonds. The number of esters is 1. The van der Waals surface area contributed by atoms with E-state index in [4.69, 9.17) is 14.8 Å². The van der Waals surface area contributed by atoms with E-state index in [1.54, 1.807) is 54.3 Å². The minimum absolute atomic E-state index is 0.0518. The molecule has 12 nitrogen and oxygen atoms in total. The Balaban J connectivity index is 1.42. The fourth-order valence-electron chi connectivity index (χ4n) is 5.43. The van der Waals surface area contributed by atoms with Gasteiger partial charge in [0.05, 0.1) is 28.5 Å². The second kappa shape index (κ2) is 11.1. The predicted octanol–water partition coefficient (Wildman–Crippen LogP) is 5.79. The number of hydrazone groups is 1. The third-order valence-corrected chi connectivity index (χ3v) is 7.48. The number of nitro groups is 1. The van der Waals surface area contributed by atoms with Gasteiger partial charge in [-0.2, -0.15) is 10.2 Å². The number of ketones is 1. The van der Waals surface area contributed by atoms with Gasteiger partial charge in [-0.1, -0.05) is 36.4 Å². The molecule has 2 aromatic heterocycles. The summed E-state index contributed by atoms with van der Waals surface area (Å²) in [6, 6.07) is 26.3. The van der Waals surface area contributed by atoms with E-state index in [1.165, 1.54) is 17.1 Å². The molecule has 0 saturated heterocycles. The van der Waals surface area contributed by atoms with Gasteiger partial charge < -0.3 is 4.74 Å². The molecule has 12 heteroatoms. The van der Waals surface area contributed by atoms with Crippen molar-refractivity contribution in [1.29, 1.82) is 0 Å². The molecule has 220 valence electrons. The number of nitro benzene ring substituents is 1. The number of rotatable bonds is 7. The number of amidine groups is 1. The number of para-hydroxylation sites is 2. The Morgan fingerprint density at radius 2 is 1.62 bits per heavy atom. The van der Waals surface area contributed by atoms with Crippen molar-refractivity contribution in [2.45, 2.75) is 6.92 Å². The van der Waals surface area contributed by atoms with Gasteiger partial charge in [-0.15, -0.1) is 0 Å². The van der Waals surface area contributed by atoms with E-state index in [2.05, 4.69) is 10.1 Å². The second-order valence-corrected chi connectivity index (χ2v) is 10.2.